The highest BCUT2D eigenvalue weighted by Gasteiger charge is 2.16. The van der Waals surface area contributed by atoms with Crippen LogP contribution < -0.4 is 0 Å². The van der Waals surface area contributed by atoms with Crippen molar-refractivity contribution >= 4 is 0 Å². The third kappa shape index (κ3) is 2.33. The Morgan fingerprint density at radius 1 is 1.17 bits per heavy atom. The van der Waals surface area contributed by atoms with Gasteiger partial charge in [0.1, 0.15) is 0 Å². The number of aryl methyl sites for hydroxylation is 3. The first-order valence-corrected chi connectivity index (χ1v) is 6.85. The summed E-state index contributed by atoms with van der Waals surface area (Å²) in [6, 6.07) is 4.63. The van der Waals surface area contributed by atoms with Crippen LogP contribution in [0.15, 0.2) is 24.5 Å². The Kier molecular flexibility index (Phi) is 3.85. The third-order valence-corrected chi connectivity index (χ3v) is 3.38. The standard InChI is InChI=1S/C14H16N2.C2H6/c1-10-6-11-4-3-5-13(11)14(7-10)12-8-15-16(2)9-12;1-2/h6-9H,3-5H2,1-2H3;1-2H3. The van der Waals surface area contributed by atoms with Crippen molar-refractivity contribution in [3.8, 4) is 11.1 Å². The van der Waals surface area contributed by atoms with Crippen molar-refractivity contribution in [1.82, 2.24) is 9.78 Å². The fraction of sp³-hybridized carbons (Fsp3) is 0.438. The van der Waals surface area contributed by atoms with Crippen molar-refractivity contribution in [2.75, 3.05) is 0 Å². The van der Waals surface area contributed by atoms with E-state index < -0.39 is 0 Å². The lowest BCUT2D eigenvalue weighted by molar-refractivity contribution is 0.768. The van der Waals surface area contributed by atoms with E-state index in [2.05, 4.69) is 30.4 Å². The molecule has 2 heteroatoms. The molecular weight excluding hydrogens is 220 g/mol. The number of fused-ring (bicyclic) bond motifs is 1. The van der Waals surface area contributed by atoms with E-state index in [1.54, 1.807) is 11.1 Å². The molecule has 1 aromatic heterocycles. The number of aromatic nitrogens is 2. The number of benzene rings is 1. The minimum Gasteiger partial charge on any atom is -0.275 e. The number of hydrogen-bond donors (Lipinski definition) is 0. The number of hydrogen-bond acceptors (Lipinski definition) is 1. The zero-order valence-corrected chi connectivity index (χ0v) is 11.8. The Bertz CT molecular complexity index is 538. The second kappa shape index (κ2) is 5.38. The quantitative estimate of drug-likeness (QED) is 0.741. The summed E-state index contributed by atoms with van der Waals surface area (Å²) in [4.78, 5) is 0. The van der Waals surface area contributed by atoms with Crippen LogP contribution in [0.3, 0.4) is 0 Å². The summed E-state index contributed by atoms with van der Waals surface area (Å²) in [7, 11) is 1.97. The minimum atomic E-state index is 1.22. The molecule has 96 valence electrons. The molecule has 0 N–H and O–H groups in total. The maximum Gasteiger partial charge on any atom is 0.0568 e. The molecule has 0 amide bonds. The topological polar surface area (TPSA) is 17.8 Å². The zero-order valence-electron chi connectivity index (χ0n) is 11.8. The van der Waals surface area contributed by atoms with Gasteiger partial charge in [0.25, 0.3) is 0 Å². The number of rotatable bonds is 1. The van der Waals surface area contributed by atoms with E-state index in [0.29, 0.717) is 0 Å². The van der Waals surface area contributed by atoms with Gasteiger partial charge in [-0.2, -0.15) is 5.10 Å². The zero-order chi connectivity index (χ0) is 13.1. The molecule has 18 heavy (non-hydrogen) atoms. The highest BCUT2D eigenvalue weighted by Crippen LogP contribution is 2.33. The molecular formula is C16H22N2. The van der Waals surface area contributed by atoms with Crippen molar-refractivity contribution in [2.24, 2.45) is 7.05 Å². The first kappa shape index (κ1) is 12.9. The van der Waals surface area contributed by atoms with Crippen LogP contribution in [0.2, 0.25) is 0 Å². The van der Waals surface area contributed by atoms with Crippen molar-refractivity contribution in [3.63, 3.8) is 0 Å². The van der Waals surface area contributed by atoms with Gasteiger partial charge < -0.3 is 0 Å². The van der Waals surface area contributed by atoms with Crippen molar-refractivity contribution in [2.45, 2.75) is 40.0 Å². The maximum absolute atomic E-state index is 4.26. The van der Waals surface area contributed by atoms with Gasteiger partial charge in [0.2, 0.25) is 0 Å². The predicted octanol–water partition coefficient (Wildman–Crippen LogP) is 3.91. The van der Waals surface area contributed by atoms with Gasteiger partial charge in [-0.3, -0.25) is 4.68 Å². The van der Waals surface area contributed by atoms with Crippen molar-refractivity contribution in [3.05, 3.63) is 41.2 Å². The van der Waals surface area contributed by atoms with Gasteiger partial charge >= 0.3 is 0 Å². The van der Waals surface area contributed by atoms with Gasteiger partial charge in [-0.15, -0.1) is 0 Å². The summed E-state index contributed by atoms with van der Waals surface area (Å²) < 4.78 is 1.87. The van der Waals surface area contributed by atoms with E-state index in [4.69, 9.17) is 0 Å². The van der Waals surface area contributed by atoms with Gasteiger partial charge in [-0.1, -0.05) is 31.5 Å². The first-order chi connectivity index (χ1) is 8.74. The summed E-state index contributed by atoms with van der Waals surface area (Å²) in [6.45, 7) is 6.18. The molecule has 1 aliphatic carbocycles. The van der Waals surface area contributed by atoms with E-state index in [1.807, 2.05) is 31.8 Å². The van der Waals surface area contributed by atoms with E-state index in [1.165, 1.54) is 36.0 Å². The fourth-order valence-corrected chi connectivity index (χ4v) is 2.68. The van der Waals surface area contributed by atoms with Crippen LogP contribution in [0, 0.1) is 6.92 Å². The summed E-state index contributed by atoms with van der Waals surface area (Å²) in [5.41, 5.74) is 7.09. The Balaban J connectivity index is 0.000000574. The Labute approximate surface area is 110 Å². The molecule has 0 saturated heterocycles. The van der Waals surface area contributed by atoms with E-state index >= 15 is 0 Å². The van der Waals surface area contributed by atoms with Gasteiger partial charge in [-0.05, 0) is 42.9 Å². The van der Waals surface area contributed by atoms with Crippen LogP contribution >= 0.6 is 0 Å². The van der Waals surface area contributed by atoms with E-state index in [-0.39, 0.29) is 0 Å². The molecule has 0 radical (unpaired) electrons. The largest absolute Gasteiger partial charge is 0.275 e. The third-order valence-electron chi connectivity index (χ3n) is 3.38. The monoisotopic (exact) mass is 242 g/mol. The lowest BCUT2D eigenvalue weighted by atomic mass is 9.96. The van der Waals surface area contributed by atoms with E-state index in [9.17, 15) is 0 Å². The molecule has 0 spiro atoms. The summed E-state index contributed by atoms with van der Waals surface area (Å²) in [5, 5.41) is 4.26. The van der Waals surface area contributed by atoms with Crippen LogP contribution in [-0.4, -0.2) is 9.78 Å². The molecule has 0 atom stereocenters. The molecule has 0 saturated carbocycles. The maximum atomic E-state index is 4.26. The molecule has 0 bridgehead atoms. The van der Waals surface area contributed by atoms with Gasteiger partial charge in [-0.25, -0.2) is 0 Å². The van der Waals surface area contributed by atoms with Crippen LogP contribution in [0.1, 0.15) is 37.0 Å². The lowest BCUT2D eigenvalue weighted by Gasteiger charge is -2.08. The molecule has 0 fully saturated rings. The average molecular weight is 242 g/mol. The van der Waals surface area contributed by atoms with Crippen LogP contribution in [0.4, 0.5) is 0 Å². The van der Waals surface area contributed by atoms with E-state index in [0.717, 1.165) is 0 Å². The molecule has 1 aromatic carbocycles. The Morgan fingerprint density at radius 2 is 1.94 bits per heavy atom. The van der Waals surface area contributed by atoms with Gasteiger partial charge in [0.15, 0.2) is 0 Å². The smallest absolute Gasteiger partial charge is 0.0568 e. The molecule has 2 nitrogen and oxygen atoms in total. The Hall–Kier alpha value is -1.57. The molecule has 3 rings (SSSR count). The fourth-order valence-electron chi connectivity index (χ4n) is 2.68. The van der Waals surface area contributed by atoms with Gasteiger partial charge in [0, 0.05) is 18.8 Å². The second-order valence-electron chi connectivity index (χ2n) is 4.71. The predicted molar refractivity (Wildman–Crippen MR) is 76.8 cm³/mol. The van der Waals surface area contributed by atoms with Crippen molar-refractivity contribution in [1.29, 1.82) is 0 Å². The van der Waals surface area contributed by atoms with Gasteiger partial charge in [0.05, 0.1) is 6.20 Å². The first-order valence-electron chi connectivity index (χ1n) is 6.85. The summed E-state index contributed by atoms with van der Waals surface area (Å²) in [5.74, 6) is 0. The summed E-state index contributed by atoms with van der Waals surface area (Å²) >= 11 is 0. The molecule has 1 aliphatic rings. The highest BCUT2D eigenvalue weighted by molar-refractivity contribution is 5.69. The van der Waals surface area contributed by atoms with Crippen LogP contribution in [-0.2, 0) is 19.9 Å². The average Bonchev–Trinajstić information content (AvgIpc) is 2.99. The normalized spacial score (nSPS) is 12.9. The second-order valence-corrected chi connectivity index (χ2v) is 4.71. The minimum absolute atomic E-state index is 1.22. The summed E-state index contributed by atoms with van der Waals surface area (Å²) in [6.07, 6.45) is 7.83. The Morgan fingerprint density at radius 3 is 2.61 bits per heavy atom. The van der Waals surface area contributed by atoms with Crippen LogP contribution in [0.25, 0.3) is 11.1 Å². The lowest BCUT2D eigenvalue weighted by Crippen LogP contribution is -1.90. The molecule has 0 unspecified atom stereocenters. The molecule has 2 aromatic rings. The SMILES string of the molecule is CC.Cc1cc2c(c(-c3cnn(C)c3)c1)CCC2. The molecule has 1 heterocycles. The van der Waals surface area contributed by atoms with Crippen LogP contribution in [0.5, 0.6) is 0 Å². The highest BCUT2D eigenvalue weighted by atomic mass is 15.2. The number of nitrogens with zero attached hydrogens (tertiary/aromatic N) is 2. The van der Waals surface area contributed by atoms with Crippen molar-refractivity contribution < 1.29 is 0 Å². The molecule has 0 aliphatic heterocycles.